The van der Waals surface area contributed by atoms with Crippen LogP contribution in [0.2, 0.25) is 0 Å². The Morgan fingerprint density at radius 2 is 1.90 bits per heavy atom. The van der Waals surface area contributed by atoms with Gasteiger partial charge in [-0.15, -0.1) is 0 Å². The van der Waals surface area contributed by atoms with E-state index in [9.17, 15) is 13.6 Å². The maximum Gasteiger partial charge on any atom is 0.243 e. The first-order valence-electron chi connectivity index (χ1n) is 6.20. The highest BCUT2D eigenvalue weighted by atomic mass is 79.9. The van der Waals surface area contributed by atoms with Crippen LogP contribution in [0.4, 0.5) is 20.2 Å². The molecule has 0 aromatic heterocycles. The average molecular weight is 355 g/mol. The summed E-state index contributed by atoms with van der Waals surface area (Å²) < 4.78 is 27.3. The first-order valence-corrected chi connectivity index (χ1v) is 7.00. The van der Waals surface area contributed by atoms with E-state index in [4.69, 9.17) is 0 Å². The summed E-state index contributed by atoms with van der Waals surface area (Å²) in [6, 6.07) is 8.49. The summed E-state index contributed by atoms with van der Waals surface area (Å²) in [5.41, 5.74) is 1.59. The second-order valence-corrected chi connectivity index (χ2v) is 5.40. The maximum absolute atomic E-state index is 13.4. The molecule has 0 aliphatic carbocycles. The van der Waals surface area contributed by atoms with Crippen molar-refractivity contribution in [3.8, 4) is 0 Å². The number of carbonyl (C=O) groups is 1. The Morgan fingerprint density at radius 1 is 1.14 bits per heavy atom. The van der Waals surface area contributed by atoms with E-state index >= 15 is 0 Å². The van der Waals surface area contributed by atoms with Gasteiger partial charge >= 0.3 is 0 Å². The predicted octanol–water partition coefficient (Wildman–Crippen LogP) is 4.09. The first-order chi connectivity index (χ1) is 9.95. The van der Waals surface area contributed by atoms with Crippen LogP contribution < -0.4 is 10.6 Å². The van der Waals surface area contributed by atoms with Crippen LogP contribution in [0.25, 0.3) is 0 Å². The molecule has 2 aromatic carbocycles. The van der Waals surface area contributed by atoms with Crippen LogP contribution in [0.1, 0.15) is 5.56 Å². The summed E-state index contributed by atoms with van der Waals surface area (Å²) in [5.74, 6) is -1.74. The van der Waals surface area contributed by atoms with Gasteiger partial charge in [0.2, 0.25) is 5.91 Å². The monoisotopic (exact) mass is 354 g/mol. The van der Waals surface area contributed by atoms with Gasteiger partial charge in [0, 0.05) is 16.2 Å². The minimum Gasteiger partial charge on any atom is -0.376 e. The van der Waals surface area contributed by atoms with Crippen LogP contribution in [0.3, 0.4) is 0 Å². The fraction of sp³-hybridized carbons (Fsp3) is 0.133. The van der Waals surface area contributed by atoms with Crippen molar-refractivity contribution < 1.29 is 13.6 Å². The van der Waals surface area contributed by atoms with Gasteiger partial charge in [-0.05, 0) is 42.8 Å². The van der Waals surface area contributed by atoms with Crippen LogP contribution in [-0.4, -0.2) is 12.5 Å². The number of hydrogen-bond acceptors (Lipinski definition) is 2. The Morgan fingerprint density at radius 3 is 2.62 bits per heavy atom. The van der Waals surface area contributed by atoms with Gasteiger partial charge in [-0.1, -0.05) is 15.9 Å². The van der Waals surface area contributed by atoms with Crippen LogP contribution in [0, 0.1) is 18.6 Å². The van der Waals surface area contributed by atoms with Gasteiger partial charge in [-0.2, -0.15) is 0 Å². The summed E-state index contributed by atoms with van der Waals surface area (Å²) in [6.45, 7) is 1.86. The molecule has 0 aliphatic rings. The quantitative estimate of drug-likeness (QED) is 0.868. The minimum atomic E-state index is -0.676. The van der Waals surface area contributed by atoms with E-state index < -0.39 is 17.5 Å². The van der Waals surface area contributed by atoms with Crippen LogP contribution in [0.15, 0.2) is 40.9 Å². The molecule has 6 heteroatoms. The SMILES string of the molecule is Cc1cc(Br)ccc1NCC(=O)Nc1cc(F)ccc1F. The summed E-state index contributed by atoms with van der Waals surface area (Å²) in [4.78, 5) is 11.8. The zero-order chi connectivity index (χ0) is 15.4. The molecule has 0 fully saturated rings. The second kappa shape index (κ2) is 6.67. The molecule has 0 atom stereocenters. The van der Waals surface area contributed by atoms with Crippen molar-refractivity contribution in [2.75, 3.05) is 17.2 Å². The Labute approximate surface area is 129 Å². The van der Waals surface area contributed by atoms with E-state index in [0.29, 0.717) is 0 Å². The third-order valence-electron chi connectivity index (χ3n) is 2.83. The number of anilines is 2. The lowest BCUT2D eigenvalue weighted by Gasteiger charge is -2.11. The predicted molar refractivity (Wildman–Crippen MR) is 82.4 cm³/mol. The lowest BCUT2D eigenvalue weighted by Crippen LogP contribution is -2.22. The number of carbonyl (C=O) groups excluding carboxylic acids is 1. The molecule has 2 N–H and O–H groups in total. The zero-order valence-electron chi connectivity index (χ0n) is 11.2. The summed E-state index contributed by atoms with van der Waals surface area (Å²) in [7, 11) is 0. The number of halogens is 3. The van der Waals surface area contributed by atoms with Crippen LogP contribution in [-0.2, 0) is 4.79 Å². The zero-order valence-corrected chi connectivity index (χ0v) is 12.8. The molecule has 110 valence electrons. The highest BCUT2D eigenvalue weighted by Crippen LogP contribution is 2.20. The molecule has 1 amide bonds. The molecule has 2 aromatic rings. The molecule has 0 radical (unpaired) electrons. The molecule has 21 heavy (non-hydrogen) atoms. The largest absolute Gasteiger partial charge is 0.376 e. The van der Waals surface area contributed by atoms with Gasteiger partial charge in [-0.3, -0.25) is 4.79 Å². The van der Waals surface area contributed by atoms with E-state index in [1.165, 1.54) is 0 Å². The third kappa shape index (κ3) is 4.26. The fourth-order valence-electron chi connectivity index (χ4n) is 1.79. The Balaban J connectivity index is 1.97. The molecular weight excluding hydrogens is 342 g/mol. The Kier molecular flexibility index (Phi) is 4.90. The molecule has 0 unspecified atom stereocenters. The summed E-state index contributed by atoms with van der Waals surface area (Å²) >= 11 is 3.35. The molecular formula is C15H13BrF2N2O. The maximum atomic E-state index is 13.4. The molecule has 3 nitrogen and oxygen atoms in total. The normalized spacial score (nSPS) is 10.3. The van der Waals surface area contributed by atoms with Crippen molar-refractivity contribution in [1.82, 2.24) is 0 Å². The number of amides is 1. The van der Waals surface area contributed by atoms with Crippen LogP contribution in [0.5, 0.6) is 0 Å². The van der Waals surface area contributed by atoms with E-state index in [0.717, 1.165) is 33.9 Å². The van der Waals surface area contributed by atoms with Crippen molar-refractivity contribution >= 4 is 33.2 Å². The lowest BCUT2D eigenvalue weighted by molar-refractivity contribution is -0.114. The highest BCUT2D eigenvalue weighted by Gasteiger charge is 2.08. The minimum absolute atomic E-state index is 0.0432. The number of aryl methyl sites for hydroxylation is 1. The lowest BCUT2D eigenvalue weighted by atomic mass is 10.2. The van der Waals surface area contributed by atoms with E-state index in [2.05, 4.69) is 26.6 Å². The third-order valence-corrected chi connectivity index (χ3v) is 3.32. The van der Waals surface area contributed by atoms with E-state index in [-0.39, 0.29) is 12.2 Å². The van der Waals surface area contributed by atoms with Gasteiger partial charge < -0.3 is 10.6 Å². The van der Waals surface area contributed by atoms with Crippen molar-refractivity contribution in [1.29, 1.82) is 0 Å². The Hall–Kier alpha value is -1.95. The topological polar surface area (TPSA) is 41.1 Å². The van der Waals surface area contributed by atoms with Crippen molar-refractivity contribution in [3.05, 3.63) is 58.1 Å². The van der Waals surface area contributed by atoms with E-state index in [1.807, 2.05) is 25.1 Å². The number of nitrogens with one attached hydrogen (secondary N) is 2. The van der Waals surface area contributed by atoms with E-state index in [1.54, 1.807) is 0 Å². The molecule has 0 bridgehead atoms. The highest BCUT2D eigenvalue weighted by molar-refractivity contribution is 9.10. The molecule has 0 aliphatic heterocycles. The van der Waals surface area contributed by atoms with Gasteiger partial charge in [0.05, 0.1) is 12.2 Å². The number of benzene rings is 2. The number of hydrogen-bond donors (Lipinski definition) is 2. The average Bonchev–Trinajstić information content (AvgIpc) is 2.42. The molecule has 0 heterocycles. The smallest absolute Gasteiger partial charge is 0.243 e. The summed E-state index contributed by atoms with van der Waals surface area (Å²) in [5, 5.41) is 5.27. The van der Waals surface area contributed by atoms with Crippen molar-refractivity contribution in [2.45, 2.75) is 6.92 Å². The van der Waals surface area contributed by atoms with Crippen LogP contribution >= 0.6 is 15.9 Å². The molecule has 2 rings (SSSR count). The van der Waals surface area contributed by atoms with Gasteiger partial charge in [-0.25, -0.2) is 8.78 Å². The van der Waals surface area contributed by atoms with Crippen molar-refractivity contribution in [2.24, 2.45) is 0 Å². The summed E-state index contributed by atoms with van der Waals surface area (Å²) in [6.07, 6.45) is 0. The second-order valence-electron chi connectivity index (χ2n) is 4.49. The standard InChI is InChI=1S/C15H13BrF2N2O/c1-9-6-10(16)2-5-13(9)19-8-15(21)20-14-7-11(17)3-4-12(14)18/h2-7,19H,8H2,1H3,(H,20,21). The number of rotatable bonds is 4. The Bertz CT molecular complexity index is 677. The molecule has 0 spiro atoms. The van der Waals surface area contributed by atoms with Crippen molar-refractivity contribution in [3.63, 3.8) is 0 Å². The van der Waals surface area contributed by atoms with Gasteiger partial charge in [0.25, 0.3) is 0 Å². The van der Waals surface area contributed by atoms with Gasteiger partial charge in [0.1, 0.15) is 11.6 Å². The molecule has 0 saturated heterocycles. The van der Waals surface area contributed by atoms with Gasteiger partial charge in [0.15, 0.2) is 0 Å². The molecule has 0 saturated carbocycles. The first kappa shape index (κ1) is 15.4. The fourth-order valence-corrected chi connectivity index (χ4v) is 2.26.